The molecule has 0 aliphatic carbocycles. The lowest BCUT2D eigenvalue weighted by Crippen LogP contribution is -2.05. The molecule has 0 fully saturated rings. The second-order valence-corrected chi connectivity index (χ2v) is 3.25. The minimum absolute atomic E-state index is 0.596. The Hall–Kier alpha value is -1.71. The third-order valence-corrected chi connectivity index (χ3v) is 1.71. The molecule has 0 aromatic carbocycles. The highest BCUT2D eigenvalue weighted by Crippen LogP contribution is 2.03. The Morgan fingerprint density at radius 2 is 1.73 bits per heavy atom. The number of nitrogens with one attached hydrogen (secondary N) is 1. The van der Waals surface area contributed by atoms with Crippen LogP contribution < -0.4 is 5.32 Å². The highest BCUT2D eigenvalue weighted by atomic mass is 15.2. The van der Waals surface area contributed by atoms with Gasteiger partial charge in [0.1, 0.15) is 11.6 Å². The monoisotopic (exact) mass is 204 g/mol. The maximum atomic E-state index is 4.18. The molecule has 0 aliphatic heterocycles. The van der Waals surface area contributed by atoms with E-state index in [1.54, 1.807) is 0 Å². The smallest absolute Gasteiger partial charge is 0.230 e. The number of hydrogen-bond donors (Lipinski definition) is 1. The predicted molar refractivity (Wildman–Crippen MR) is 61.5 cm³/mol. The Bertz CT molecular complexity index is 373. The molecule has 0 unspecified atom stereocenters. The van der Waals surface area contributed by atoms with Gasteiger partial charge in [-0.1, -0.05) is 12.2 Å². The second-order valence-electron chi connectivity index (χ2n) is 3.25. The van der Waals surface area contributed by atoms with E-state index in [0.717, 1.165) is 17.3 Å². The Labute approximate surface area is 90.2 Å². The first-order chi connectivity index (χ1) is 7.11. The van der Waals surface area contributed by atoms with Crippen LogP contribution in [-0.4, -0.2) is 15.0 Å². The van der Waals surface area contributed by atoms with Crippen LogP contribution in [-0.2, 0) is 0 Å². The van der Waals surface area contributed by atoms with Crippen molar-refractivity contribution in [2.45, 2.75) is 27.7 Å². The standard InChI is InChI=1S/C11H16N4/c1-5-6-7-8(2)12-11-14-9(3)13-10(4)15-11/h5-7H,1-4H3,(H,12,13,14,15)/b6-5-,8-7+. The molecule has 4 heteroatoms. The fourth-order valence-corrected chi connectivity index (χ4v) is 1.13. The van der Waals surface area contributed by atoms with Crippen LogP contribution >= 0.6 is 0 Å². The number of aryl methyl sites for hydroxylation is 2. The van der Waals surface area contributed by atoms with Crippen molar-refractivity contribution in [2.75, 3.05) is 5.32 Å². The van der Waals surface area contributed by atoms with Gasteiger partial charge in [0.2, 0.25) is 5.95 Å². The maximum absolute atomic E-state index is 4.18. The van der Waals surface area contributed by atoms with Gasteiger partial charge in [0.05, 0.1) is 0 Å². The van der Waals surface area contributed by atoms with Gasteiger partial charge in [0, 0.05) is 5.70 Å². The zero-order valence-electron chi connectivity index (χ0n) is 9.57. The molecule has 0 spiro atoms. The molecular weight excluding hydrogens is 188 g/mol. The van der Waals surface area contributed by atoms with E-state index in [9.17, 15) is 0 Å². The van der Waals surface area contributed by atoms with E-state index in [4.69, 9.17) is 0 Å². The van der Waals surface area contributed by atoms with Crippen LogP contribution in [0, 0.1) is 13.8 Å². The van der Waals surface area contributed by atoms with Crippen LogP contribution in [0.5, 0.6) is 0 Å². The fraction of sp³-hybridized carbons (Fsp3) is 0.364. The Balaban J connectivity index is 2.80. The lowest BCUT2D eigenvalue weighted by molar-refractivity contribution is 0.923. The van der Waals surface area contributed by atoms with Crippen LogP contribution in [0.25, 0.3) is 0 Å². The summed E-state index contributed by atoms with van der Waals surface area (Å²) in [5, 5.41) is 3.11. The molecule has 80 valence electrons. The zero-order valence-corrected chi connectivity index (χ0v) is 9.57. The number of hydrogen-bond acceptors (Lipinski definition) is 4. The minimum Gasteiger partial charge on any atom is -0.328 e. The van der Waals surface area contributed by atoms with Crippen LogP contribution in [0.15, 0.2) is 23.9 Å². The van der Waals surface area contributed by atoms with Crippen LogP contribution in [0.1, 0.15) is 25.5 Å². The number of anilines is 1. The van der Waals surface area contributed by atoms with Gasteiger partial charge in [-0.05, 0) is 33.8 Å². The van der Waals surface area contributed by atoms with Crippen molar-refractivity contribution in [3.8, 4) is 0 Å². The van der Waals surface area contributed by atoms with Crippen molar-refractivity contribution in [2.24, 2.45) is 0 Å². The maximum Gasteiger partial charge on any atom is 0.230 e. The number of aromatic nitrogens is 3. The molecule has 0 bridgehead atoms. The average molecular weight is 204 g/mol. The van der Waals surface area contributed by atoms with Crippen molar-refractivity contribution >= 4 is 5.95 Å². The molecule has 0 atom stereocenters. The average Bonchev–Trinajstić information content (AvgIpc) is 2.13. The van der Waals surface area contributed by atoms with Crippen LogP contribution in [0.4, 0.5) is 5.95 Å². The predicted octanol–water partition coefficient (Wildman–Crippen LogP) is 2.38. The first-order valence-corrected chi connectivity index (χ1v) is 4.87. The molecule has 1 aromatic rings. The summed E-state index contributed by atoms with van der Waals surface area (Å²) in [5.41, 5.74) is 0.998. The van der Waals surface area contributed by atoms with E-state index in [2.05, 4.69) is 20.3 Å². The van der Waals surface area contributed by atoms with Crippen molar-refractivity contribution in [3.05, 3.63) is 35.6 Å². The molecule has 1 aromatic heterocycles. The molecule has 1 N–H and O–H groups in total. The van der Waals surface area contributed by atoms with Gasteiger partial charge in [0.15, 0.2) is 0 Å². The van der Waals surface area contributed by atoms with Crippen molar-refractivity contribution in [1.29, 1.82) is 0 Å². The summed E-state index contributed by atoms with van der Waals surface area (Å²) in [6.07, 6.45) is 5.90. The van der Waals surface area contributed by atoms with Crippen LogP contribution in [0.3, 0.4) is 0 Å². The van der Waals surface area contributed by atoms with Crippen molar-refractivity contribution in [3.63, 3.8) is 0 Å². The van der Waals surface area contributed by atoms with E-state index in [1.807, 2.05) is 45.9 Å². The number of allylic oxidation sites excluding steroid dienone is 4. The molecule has 0 aliphatic rings. The van der Waals surface area contributed by atoms with Gasteiger partial charge in [-0.15, -0.1) is 0 Å². The SMILES string of the molecule is C/C=C\C=C(/C)Nc1nc(C)nc(C)n1. The molecule has 15 heavy (non-hydrogen) atoms. The summed E-state index contributed by atoms with van der Waals surface area (Å²) in [6, 6.07) is 0. The van der Waals surface area contributed by atoms with Gasteiger partial charge in [-0.3, -0.25) is 0 Å². The van der Waals surface area contributed by atoms with Gasteiger partial charge in [-0.25, -0.2) is 4.98 Å². The van der Waals surface area contributed by atoms with Gasteiger partial charge in [-0.2, -0.15) is 9.97 Å². The van der Waals surface area contributed by atoms with E-state index < -0.39 is 0 Å². The van der Waals surface area contributed by atoms with Crippen molar-refractivity contribution in [1.82, 2.24) is 15.0 Å². The van der Waals surface area contributed by atoms with E-state index >= 15 is 0 Å². The second kappa shape index (κ2) is 5.24. The quantitative estimate of drug-likeness (QED) is 0.768. The molecule has 4 nitrogen and oxygen atoms in total. The van der Waals surface area contributed by atoms with Crippen molar-refractivity contribution < 1.29 is 0 Å². The number of rotatable bonds is 3. The molecule has 0 saturated carbocycles. The summed E-state index contributed by atoms with van der Waals surface area (Å²) in [4.78, 5) is 12.5. The summed E-state index contributed by atoms with van der Waals surface area (Å²) < 4.78 is 0. The third kappa shape index (κ3) is 3.89. The largest absolute Gasteiger partial charge is 0.328 e. The molecule has 1 rings (SSSR count). The summed E-state index contributed by atoms with van der Waals surface area (Å²) in [6.45, 7) is 7.64. The van der Waals surface area contributed by atoms with Gasteiger partial charge >= 0.3 is 0 Å². The van der Waals surface area contributed by atoms with Crippen LogP contribution in [0.2, 0.25) is 0 Å². The molecular formula is C11H16N4. The Morgan fingerprint density at radius 1 is 1.13 bits per heavy atom. The highest BCUT2D eigenvalue weighted by Gasteiger charge is 1.99. The molecule has 0 radical (unpaired) electrons. The van der Waals surface area contributed by atoms with Gasteiger partial charge in [0.25, 0.3) is 0 Å². The summed E-state index contributed by atoms with van der Waals surface area (Å²) in [7, 11) is 0. The van der Waals surface area contributed by atoms with E-state index in [1.165, 1.54) is 0 Å². The first-order valence-electron chi connectivity index (χ1n) is 4.87. The Morgan fingerprint density at radius 3 is 2.27 bits per heavy atom. The number of nitrogens with zero attached hydrogens (tertiary/aromatic N) is 3. The van der Waals surface area contributed by atoms with E-state index in [0.29, 0.717) is 5.95 Å². The zero-order chi connectivity index (χ0) is 11.3. The lowest BCUT2D eigenvalue weighted by Gasteiger charge is -2.05. The van der Waals surface area contributed by atoms with Gasteiger partial charge < -0.3 is 5.32 Å². The molecule has 1 heterocycles. The minimum atomic E-state index is 0.596. The lowest BCUT2D eigenvalue weighted by atomic mass is 10.4. The third-order valence-electron chi connectivity index (χ3n) is 1.71. The first kappa shape index (κ1) is 11.4. The Kier molecular flexibility index (Phi) is 3.97. The topological polar surface area (TPSA) is 50.7 Å². The molecule has 0 amide bonds. The highest BCUT2D eigenvalue weighted by molar-refractivity contribution is 5.34. The fourth-order valence-electron chi connectivity index (χ4n) is 1.13. The van der Waals surface area contributed by atoms with E-state index in [-0.39, 0.29) is 0 Å². The summed E-state index contributed by atoms with van der Waals surface area (Å²) in [5.74, 6) is 2.05. The normalized spacial score (nSPS) is 12.1. The summed E-state index contributed by atoms with van der Waals surface area (Å²) >= 11 is 0. The molecule has 0 saturated heterocycles.